The molecule has 122 valence electrons. The Kier molecular flexibility index (Phi) is 4.88. The summed E-state index contributed by atoms with van der Waals surface area (Å²) in [7, 11) is 1.89. The van der Waals surface area contributed by atoms with Crippen LogP contribution in [0, 0.1) is 0 Å². The predicted molar refractivity (Wildman–Crippen MR) is 95.4 cm³/mol. The standard InChI is InChI=1S/C18H15Cl2N3O/c1-23-11-10-21-17(23)16(12-2-6-14(19)7-3-12)22-18(24)13-4-8-15(20)9-5-13/h2-11,16H,1H3,(H,22,24)/t16-/m1/s1. The van der Waals surface area contributed by atoms with Crippen molar-refractivity contribution in [3.05, 3.63) is 87.9 Å². The van der Waals surface area contributed by atoms with Gasteiger partial charge in [0.15, 0.2) is 0 Å². The van der Waals surface area contributed by atoms with E-state index in [9.17, 15) is 4.79 Å². The van der Waals surface area contributed by atoms with E-state index in [4.69, 9.17) is 23.2 Å². The summed E-state index contributed by atoms with van der Waals surface area (Å²) in [6.07, 6.45) is 3.54. The fraction of sp³-hybridized carbons (Fsp3) is 0.111. The van der Waals surface area contributed by atoms with Gasteiger partial charge in [0.2, 0.25) is 0 Å². The first-order valence-corrected chi connectivity index (χ1v) is 8.09. The first-order chi connectivity index (χ1) is 11.5. The molecule has 0 saturated heterocycles. The molecular weight excluding hydrogens is 345 g/mol. The maximum absolute atomic E-state index is 12.6. The van der Waals surface area contributed by atoms with E-state index in [-0.39, 0.29) is 11.9 Å². The van der Waals surface area contributed by atoms with Crippen LogP contribution in [0.1, 0.15) is 27.8 Å². The van der Waals surface area contributed by atoms with Crippen LogP contribution in [0.4, 0.5) is 0 Å². The average Bonchev–Trinajstić information content (AvgIpc) is 3.00. The van der Waals surface area contributed by atoms with Gasteiger partial charge in [0, 0.05) is 35.1 Å². The highest BCUT2D eigenvalue weighted by Gasteiger charge is 2.21. The molecule has 0 saturated carbocycles. The summed E-state index contributed by atoms with van der Waals surface area (Å²) in [6.45, 7) is 0. The van der Waals surface area contributed by atoms with Gasteiger partial charge in [0.25, 0.3) is 5.91 Å². The number of hydrogen-bond donors (Lipinski definition) is 1. The topological polar surface area (TPSA) is 46.9 Å². The molecule has 6 heteroatoms. The molecule has 1 aromatic heterocycles. The van der Waals surface area contributed by atoms with E-state index in [1.54, 1.807) is 42.6 Å². The van der Waals surface area contributed by atoms with Crippen molar-refractivity contribution >= 4 is 29.1 Å². The number of hydrogen-bond acceptors (Lipinski definition) is 2. The lowest BCUT2D eigenvalue weighted by Crippen LogP contribution is -2.31. The molecule has 0 aliphatic heterocycles. The number of benzene rings is 2. The Morgan fingerprint density at radius 3 is 2.17 bits per heavy atom. The summed E-state index contributed by atoms with van der Waals surface area (Å²) in [5, 5.41) is 4.25. The van der Waals surface area contributed by atoms with Crippen LogP contribution in [0.2, 0.25) is 10.0 Å². The van der Waals surface area contributed by atoms with Crippen LogP contribution < -0.4 is 5.32 Å². The Bertz CT molecular complexity index is 841. The minimum absolute atomic E-state index is 0.199. The zero-order valence-electron chi connectivity index (χ0n) is 12.9. The van der Waals surface area contributed by atoms with Crippen LogP contribution in [0.25, 0.3) is 0 Å². The zero-order chi connectivity index (χ0) is 17.1. The number of rotatable bonds is 4. The van der Waals surface area contributed by atoms with Gasteiger partial charge in [-0.3, -0.25) is 4.79 Å². The molecule has 0 radical (unpaired) electrons. The fourth-order valence-electron chi connectivity index (χ4n) is 2.42. The van der Waals surface area contributed by atoms with Gasteiger partial charge in [-0.1, -0.05) is 35.3 Å². The van der Waals surface area contributed by atoms with Crippen LogP contribution >= 0.6 is 23.2 Å². The highest BCUT2D eigenvalue weighted by molar-refractivity contribution is 6.30. The molecule has 0 aliphatic rings. The zero-order valence-corrected chi connectivity index (χ0v) is 14.4. The number of nitrogens with zero attached hydrogens (tertiary/aromatic N) is 2. The second kappa shape index (κ2) is 7.07. The maximum Gasteiger partial charge on any atom is 0.252 e. The average molecular weight is 360 g/mol. The lowest BCUT2D eigenvalue weighted by Gasteiger charge is -2.19. The molecule has 0 aliphatic carbocycles. The molecule has 0 bridgehead atoms. The van der Waals surface area contributed by atoms with E-state index in [0.717, 1.165) is 11.4 Å². The minimum atomic E-state index is -0.384. The second-order valence-electron chi connectivity index (χ2n) is 5.36. The van der Waals surface area contributed by atoms with Crippen molar-refractivity contribution in [2.24, 2.45) is 7.05 Å². The van der Waals surface area contributed by atoms with Gasteiger partial charge in [0.1, 0.15) is 11.9 Å². The second-order valence-corrected chi connectivity index (χ2v) is 6.23. The third kappa shape index (κ3) is 3.61. The first-order valence-electron chi connectivity index (χ1n) is 7.34. The molecule has 1 atom stereocenters. The Morgan fingerprint density at radius 1 is 1.04 bits per heavy atom. The highest BCUT2D eigenvalue weighted by Crippen LogP contribution is 2.23. The van der Waals surface area contributed by atoms with E-state index >= 15 is 0 Å². The summed E-state index contributed by atoms with van der Waals surface area (Å²) in [5.41, 5.74) is 1.43. The maximum atomic E-state index is 12.6. The first kappa shape index (κ1) is 16.6. The summed E-state index contributed by atoms with van der Waals surface area (Å²) in [6, 6.07) is 13.7. The third-order valence-electron chi connectivity index (χ3n) is 3.70. The Labute approximate surface area is 150 Å². The normalized spacial score (nSPS) is 12.0. The van der Waals surface area contributed by atoms with Crippen molar-refractivity contribution in [3.8, 4) is 0 Å². The van der Waals surface area contributed by atoms with Crippen molar-refractivity contribution in [2.75, 3.05) is 0 Å². The lowest BCUT2D eigenvalue weighted by molar-refractivity contribution is 0.0941. The van der Waals surface area contributed by atoms with Crippen molar-refractivity contribution < 1.29 is 4.79 Å². The SMILES string of the molecule is Cn1ccnc1[C@H](NC(=O)c1ccc(Cl)cc1)c1ccc(Cl)cc1. The Morgan fingerprint density at radius 2 is 1.62 bits per heavy atom. The van der Waals surface area contributed by atoms with Gasteiger partial charge in [-0.15, -0.1) is 0 Å². The molecule has 1 heterocycles. The minimum Gasteiger partial charge on any atom is -0.338 e. The van der Waals surface area contributed by atoms with Crippen molar-refractivity contribution in [1.82, 2.24) is 14.9 Å². The molecule has 1 N–H and O–H groups in total. The summed E-state index contributed by atoms with van der Waals surface area (Å²) >= 11 is 11.8. The molecule has 3 rings (SSSR count). The molecule has 0 spiro atoms. The van der Waals surface area contributed by atoms with E-state index in [1.165, 1.54) is 0 Å². The summed E-state index contributed by atoms with van der Waals surface area (Å²) < 4.78 is 1.88. The number of carbonyl (C=O) groups excluding carboxylic acids is 1. The van der Waals surface area contributed by atoms with Gasteiger partial charge >= 0.3 is 0 Å². The number of imidazole rings is 1. The van der Waals surface area contributed by atoms with Crippen LogP contribution in [-0.4, -0.2) is 15.5 Å². The number of aryl methyl sites for hydroxylation is 1. The van der Waals surface area contributed by atoms with Gasteiger partial charge < -0.3 is 9.88 Å². The van der Waals surface area contributed by atoms with Crippen LogP contribution in [-0.2, 0) is 7.05 Å². The van der Waals surface area contributed by atoms with Crippen LogP contribution in [0.15, 0.2) is 60.9 Å². The molecule has 3 aromatic rings. The Balaban J connectivity index is 1.93. The van der Waals surface area contributed by atoms with E-state index in [0.29, 0.717) is 15.6 Å². The van der Waals surface area contributed by atoms with Crippen molar-refractivity contribution in [2.45, 2.75) is 6.04 Å². The molecule has 2 aromatic carbocycles. The summed E-state index contributed by atoms with van der Waals surface area (Å²) in [4.78, 5) is 17.0. The number of aromatic nitrogens is 2. The van der Waals surface area contributed by atoms with Gasteiger partial charge in [0.05, 0.1) is 0 Å². The van der Waals surface area contributed by atoms with Gasteiger partial charge in [-0.2, -0.15) is 0 Å². The highest BCUT2D eigenvalue weighted by atomic mass is 35.5. The molecular formula is C18H15Cl2N3O. The molecule has 0 unspecified atom stereocenters. The molecule has 0 fully saturated rings. The van der Waals surface area contributed by atoms with Crippen LogP contribution in [0.3, 0.4) is 0 Å². The molecule has 1 amide bonds. The van der Waals surface area contributed by atoms with Gasteiger partial charge in [-0.05, 0) is 42.0 Å². The Hall–Kier alpha value is -2.30. The third-order valence-corrected chi connectivity index (χ3v) is 4.21. The van der Waals surface area contributed by atoms with Gasteiger partial charge in [-0.25, -0.2) is 4.98 Å². The quantitative estimate of drug-likeness (QED) is 0.756. The number of carbonyl (C=O) groups is 1. The molecule has 4 nitrogen and oxygen atoms in total. The lowest BCUT2D eigenvalue weighted by atomic mass is 10.1. The van der Waals surface area contributed by atoms with E-state index in [1.807, 2.05) is 29.9 Å². The van der Waals surface area contributed by atoms with E-state index < -0.39 is 0 Å². The predicted octanol–water partition coefficient (Wildman–Crippen LogP) is 4.25. The monoisotopic (exact) mass is 359 g/mol. The van der Waals surface area contributed by atoms with Crippen molar-refractivity contribution in [3.63, 3.8) is 0 Å². The van der Waals surface area contributed by atoms with E-state index in [2.05, 4.69) is 10.3 Å². The smallest absolute Gasteiger partial charge is 0.252 e. The largest absolute Gasteiger partial charge is 0.338 e. The number of halogens is 2. The van der Waals surface area contributed by atoms with Crippen molar-refractivity contribution in [1.29, 1.82) is 0 Å². The number of amides is 1. The fourth-order valence-corrected chi connectivity index (χ4v) is 2.68. The number of nitrogens with one attached hydrogen (secondary N) is 1. The molecule has 24 heavy (non-hydrogen) atoms. The van der Waals surface area contributed by atoms with Crippen LogP contribution in [0.5, 0.6) is 0 Å². The summed E-state index contributed by atoms with van der Waals surface area (Å²) in [5.74, 6) is 0.536.